The lowest BCUT2D eigenvalue weighted by atomic mass is 10.0. The van der Waals surface area contributed by atoms with Gasteiger partial charge in [-0.15, -0.1) is 0 Å². The van der Waals surface area contributed by atoms with E-state index in [2.05, 4.69) is 0 Å². The van der Waals surface area contributed by atoms with E-state index < -0.39 is 23.6 Å². The highest BCUT2D eigenvalue weighted by atomic mass is 16.4. The highest BCUT2D eigenvalue weighted by Gasteiger charge is 2.29. The molecule has 0 bridgehead atoms. The Hall–Kier alpha value is -1.39. The van der Waals surface area contributed by atoms with Crippen LogP contribution >= 0.6 is 0 Å². The molecular formula is C6H8O5. The molecule has 0 radical (unpaired) electrons. The summed E-state index contributed by atoms with van der Waals surface area (Å²) in [6.45, 7) is 1.44. The third kappa shape index (κ3) is 2.37. The molecule has 0 amide bonds. The van der Waals surface area contributed by atoms with Crippen LogP contribution in [0.25, 0.3) is 0 Å². The molecule has 5 nitrogen and oxygen atoms in total. The Labute approximate surface area is 62.6 Å². The lowest BCUT2D eigenvalue weighted by Gasteiger charge is -2.02. The third-order valence-electron chi connectivity index (χ3n) is 1.23. The molecule has 0 aliphatic rings. The molecule has 62 valence electrons. The summed E-state index contributed by atoms with van der Waals surface area (Å²) < 4.78 is 0. The molecule has 0 fully saturated rings. The van der Waals surface area contributed by atoms with Crippen molar-refractivity contribution in [3.8, 4) is 0 Å². The number of Topliss-reactive ketones (excluding diaryl/α,β-unsaturated/α-hetero) is 1. The molecule has 0 aromatic heterocycles. The van der Waals surface area contributed by atoms with Crippen LogP contribution in [0.2, 0.25) is 0 Å². The van der Waals surface area contributed by atoms with Crippen LogP contribution < -0.4 is 0 Å². The average molecular weight is 160 g/mol. The fourth-order valence-corrected chi connectivity index (χ4v) is 0.621. The van der Waals surface area contributed by atoms with Gasteiger partial charge in [0, 0.05) is 0 Å². The second-order valence-corrected chi connectivity index (χ2v) is 1.97. The summed E-state index contributed by atoms with van der Waals surface area (Å²) in [6.07, 6.45) is 0.000463. The number of hydrogen-bond donors (Lipinski definition) is 2. The first-order valence-electron chi connectivity index (χ1n) is 3.00. The molecule has 11 heavy (non-hydrogen) atoms. The summed E-state index contributed by atoms with van der Waals surface area (Å²) >= 11 is 0. The molecule has 0 unspecified atom stereocenters. The predicted molar refractivity (Wildman–Crippen MR) is 34.1 cm³/mol. The number of hydrogen-bond acceptors (Lipinski definition) is 3. The van der Waals surface area contributed by atoms with Gasteiger partial charge in [-0.3, -0.25) is 9.59 Å². The minimum Gasteiger partial charge on any atom is -0.481 e. The van der Waals surface area contributed by atoms with Crippen molar-refractivity contribution >= 4 is 17.7 Å². The highest BCUT2D eigenvalue weighted by molar-refractivity contribution is 6.36. The third-order valence-corrected chi connectivity index (χ3v) is 1.23. The Bertz CT molecular complexity index is 195. The van der Waals surface area contributed by atoms with Crippen LogP contribution in [0, 0.1) is 5.92 Å². The van der Waals surface area contributed by atoms with Gasteiger partial charge < -0.3 is 10.2 Å². The fraction of sp³-hybridized carbons (Fsp3) is 0.500. The number of ketones is 1. The van der Waals surface area contributed by atoms with E-state index in [1.807, 2.05) is 0 Å². The lowest BCUT2D eigenvalue weighted by Crippen LogP contribution is -2.29. The molecule has 0 rings (SSSR count). The smallest absolute Gasteiger partial charge is 0.373 e. The van der Waals surface area contributed by atoms with Gasteiger partial charge >= 0.3 is 11.9 Å². The van der Waals surface area contributed by atoms with Gasteiger partial charge in [-0.2, -0.15) is 0 Å². The molecule has 5 heteroatoms. The van der Waals surface area contributed by atoms with Gasteiger partial charge in [-0.25, -0.2) is 4.79 Å². The van der Waals surface area contributed by atoms with Gasteiger partial charge in [0.25, 0.3) is 5.78 Å². The zero-order chi connectivity index (χ0) is 9.02. The lowest BCUT2D eigenvalue weighted by molar-refractivity contribution is -0.157. The van der Waals surface area contributed by atoms with Gasteiger partial charge in [0.15, 0.2) is 0 Å². The van der Waals surface area contributed by atoms with Crippen LogP contribution in [-0.4, -0.2) is 27.9 Å². The van der Waals surface area contributed by atoms with Gasteiger partial charge in [-0.05, 0) is 6.42 Å². The van der Waals surface area contributed by atoms with E-state index in [1.165, 1.54) is 6.92 Å². The zero-order valence-corrected chi connectivity index (χ0v) is 5.90. The van der Waals surface area contributed by atoms with Crippen molar-refractivity contribution in [1.29, 1.82) is 0 Å². The minimum atomic E-state index is -1.70. The second kappa shape index (κ2) is 3.70. The van der Waals surface area contributed by atoms with E-state index in [4.69, 9.17) is 10.2 Å². The maximum absolute atomic E-state index is 10.5. The number of aliphatic carboxylic acids is 2. The number of carbonyl (C=O) groups is 3. The van der Waals surface area contributed by atoms with E-state index >= 15 is 0 Å². The molecule has 0 heterocycles. The first kappa shape index (κ1) is 9.61. The standard InChI is InChI=1S/C6H8O5/c1-2-3(5(8)9)4(7)6(10)11/h3H,2H2,1H3,(H,8,9)(H,10,11)/t3-/m1/s1. The van der Waals surface area contributed by atoms with Gasteiger partial charge in [0.1, 0.15) is 5.92 Å². The van der Waals surface area contributed by atoms with Crippen molar-refractivity contribution in [3.63, 3.8) is 0 Å². The maximum Gasteiger partial charge on any atom is 0.373 e. The van der Waals surface area contributed by atoms with Gasteiger partial charge in [0.05, 0.1) is 0 Å². The number of carboxylic acid groups (broad SMARTS) is 2. The highest BCUT2D eigenvalue weighted by Crippen LogP contribution is 2.03. The van der Waals surface area contributed by atoms with Crippen molar-refractivity contribution < 1.29 is 24.6 Å². The SMILES string of the molecule is CC[C@@H](C(=O)O)C(=O)C(=O)O. The predicted octanol–water partition coefficient (Wildman–Crippen LogP) is -0.249. The van der Waals surface area contributed by atoms with Crippen molar-refractivity contribution in [1.82, 2.24) is 0 Å². The minimum absolute atomic E-state index is 0.000463. The first-order chi connectivity index (χ1) is 5.00. The molecule has 1 atom stereocenters. The summed E-state index contributed by atoms with van der Waals surface area (Å²) in [5.41, 5.74) is 0. The van der Waals surface area contributed by atoms with Crippen molar-refractivity contribution in [3.05, 3.63) is 0 Å². The van der Waals surface area contributed by atoms with Crippen LogP contribution in [0.5, 0.6) is 0 Å². The molecule has 0 saturated carbocycles. The van der Waals surface area contributed by atoms with Gasteiger partial charge in [-0.1, -0.05) is 6.92 Å². The Morgan fingerprint density at radius 1 is 1.27 bits per heavy atom. The van der Waals surface area contributed by atoms with E-state index in [0.29, 0.717) is 0 Å². The van der Waals surface area contributed by atoms with Crippen LogP contribution in [0.4, 0.5) is 0 Å². The summed E-state index contributed by atoms with van der Waals surface area (Å²) in [5, 5.41) is 16.4. The van der Waals surface area contributed by atoms with Crippen molar-refractivity contribution in [2.45, 2.75) is 13.3 Å². The quantitative estimate of drug-likeness (QED) is 0.437. The summed E-state index contributed by atoms with van der Waals surface area (Å²) in [7, 11) is 0. The first-order valence-corrected chi connectivity index (χ1v) is 3.00. The molecule has 0 aromatic carbocycles. The van der Waals surface area contributed by atoms with Crippen LogP contribution in [0.15, 0.2) is 0 Å². The molecule has 0 spiro atoms. The van der Waals surface area contributed by atoms with E-state index in [0.717, 1.165) is 0 Å². The summed E-state index contributed by atoms with van der Waals surface area (Å²) in [5.74, 6) is -5.76. The normalized spacial score (nSPS) is 12.1. The fourth-order valence-electron chi connectivity index (χ4n) is 0.621. The molecular weight excluding hydrogens is 152 g/mol. The molecule has 0 saturated heterocycles. The molecule has 0 aliphatic heterocycles. The molecule has 2 N–H and O–H groups in total. The topological polar surface area (TPSA) is 91.7 Å². The number of carbonyl (C=O) groups excluding carboxylic acids is 1. The maximum atomic E-state index is 10.5. The van der Waals surface area contributed by atoms with Crippen LogP contribution in [0.3, 0.4) is 0 Å². The Kier molecular flexibility index (Phi) is 3.23. The largest absolute Gasteiger partial charge is 0.481 e. The molecule has 0 aromatic rings. The van der Waals surface area contributed by atoms with Crippen LogP contribution in [0.1, 0.15) is 13.3 Å². The number of carboxylic acids is 2. The van der Waals surface area contributed by atoms with E-state index in [-0.39, 0.29) is 6.42 Å². The van der Waals surface area contributed by atoms with Crippen molar-refractivity contribution in [2.24, 2.45) is 5.92 Å². The summed E-state index contributed by atoms with van der Waals surface area (Å²) in [4.78, 5) is 30.7. The second-order valence-electron chi connectivity index (χ2n) is 1.97. The van der Waals surface area contributed by atoms with E-state index in [1.54, 1.807) is 0 Å². The zero-order valence-electron chi connectivity index (χ0n) is 5.90. The Balaban J connectivity index is 4.39. The number of rotatable bonds is 4. The monoisotopic (exact) mass is 160 g/mol. The molecule has 0 aliphatic carbocycles. The van der Waals surface area contributed by atoms with E-state index in [9.17, 15) is 14.4 Å². The van der Waals surface area contributed by atoms with Crippen molar-refractivity contribution in [2.75, 3.05) is 0 Å². The Morgan fingerprint density at radius 3 is 1.82 bits per heavy atom. The summed E-state index contributed by atoms with van der Waals surface area (Å²) in [6, 6.07) is 0. The Morgan fingerprint density at radius 2 is 1.73 bits per heavy atom. The average Bonchev–Trinajstić information content (AvgIpc) is 1.88. The van der Waals surface area contributed by atoms with Crippen LogP contribution in [-0.2, 0) is 14.4 Å². The van der Waals surface area contributed by atoms with Gasteiger partial charge in [0.2, 0.25) is 0 Å².